The van der Waals surface area contributed by atoms with Gasteiger partial charge in [0.1, 0.15) is 16.2 Å². The summed E-state index contributed by atoms with van der Waals surface area (Å²) in [4.78, 5) is 20.9. The van der Waals surface area contributed by atoms with Crippen molar-refractivity contribution in [2.45, 2.75) is 17.2 Å². The number of rotatable bonds is 4. The molecule has 0 bridgehead atoms. The third kappa shape index (κ3) is 2.77. The second-order valence-electron chi connectivity index (χ2n) is 4.54. The summed E-state index contributed by atoms with van der Waals surface area (Å²) in [5.41, 5.74) is 7.56. The number of nitrogens with two attached hydrogens (primary N) is 1. The molecule has 0 aliphatic carbocycles. The first kappa shape index (κ1) is 14.0. The van der Waals surface area contributed by atoms with Gasteiger partial charge < -0.3 is 5.73 Å². The number of hydrogen-bond acceptors (Lipinski definition) is 5. The van der Waals surface area contributed by atoms with Crippen LogP contribution in [0, 0.1) is 0 Å². The van der Waals surface area contributed by atoms with Gasteiger partial charge in [-0.3, -0.25) is 4.79 Å². The number of aromatic nitrogens is 2. The van der Waals surface area contributed by atoms with Crippen molar-refractivity contribution in [3.63, 3.8) is 0 Å². The zero-order valence-corrected chi connectivity index (χ0v) is 12.9. The van der Waals surface area contributed by atoms with Crippen LogP contribution in [-0.2, 0) is 4.79 Å². The minimum atomic E-state index is -0.344. The maximum absolute atomic E-state index is 11.3. The Morgan fingerprint density at radius 3 is 2.76 bits per heavy atom. The molecule has 2 N–H and O–H groups in total. The van der Waals surface area contributed by atoms with E-state index in [0.717, 1.165) is 26.4 Å². The summed E-state index contributed by atoms with van der Waals surface area (Å²) >= 11 is 2.95. The number of thiophene rings is 1. The lowest BCUT2D eigenvalue weighted by Gasteiger charge is -2.08. The molecule has 0 radical (unpaired) electrons. The number of benzene rings is 1. The predicted octanol–water partition coefficient (Wildman–Crippen LogP) is 3.32. The first-order valence-corrected chi connectivity index (χ1v) is 8.16. The molecule has 2 aromatic heterocycles. The van der Waals surface area contributed by atoms with Gasteiger partial charge in [-0.2, -0.15) is 0 Å². The van der Waals surface area contributed by atoms with Crippen LogP contribution >= 0.6 is 23.1 Å². The highest BCUT2D eigenvalue weighted by molar-refractivity contribution is 8.00. The Bertz CT molecular complexity index is 786. The van der Waals surface area contributed by atoms with E-state index in [4.69, 9.17) is 5.73 Å². The molecule has 0 aliphatic heterocycles. The fraction of sp³-hybridized carbons (Fsp3) is 0.133. The summed E-state index contributed by atoms with van der Waals surface area (Å²) in [5, 5.41) is 3.54. The Labute approximate surface area is 130 Å². The predicted molar refractivity (Wildman–Crippen MR) is 87.4 cm³/mol. The van der Waals surface area contributed by atoms with Gasteiger partial charge in [0.25, 0.3) is 0 Å². The van der Waals surface area contributed by atoms with Gasteiger partial charge in [-0.15, -0.1) is 11.3 Å². The molecule has 2 heterocycles. The molecule has 0 fully saturated rings. The van der Waals surface area contributed by atoms with E-state index < -0.39 is 0 Å². The van der Waals surface area contributed by atoms with E-state index in [-0.39, 0.29) is 11.2 Å². The van der Waals surface area contributed by atoms with Crippen molar-refractivity contribution in [3.8, 4) is 11.1 Å². The lowest BCUT2D eigenvalue weighted by Crippen LogP contribution is -2.22. The molecule has 3 aromatic rings. The molecule has 0 saturated carbocycles. The Kier molecular flexibility index (Phi) is 3.90. The molecule has 1 aromatic carbocycles. The van der Waals surface area contributed by atoms with Crippen LogP contribution in [0.1, 0.15) is 6.92 Å². The zero-order chi connectivity index (χ0) is 14.8. The molecule has 0 spiro atoms. The third-order valence-electron chi connectivity index (χ3n) is 3.11. The molecular formula is C15H13N3OS2. The molecule has 21 heavy (non-hydrogen) atoms. The van der Waals surface area contributed by atoms with Crippen LogP contribution < -0.4 is 5.73 Å². The lowest BCUT2D eigenvalue weighted by atomic mass is 10.1. The number of fused-ring (bicyclic) bond motifs is 1. The first-order chi connectivity index (χ1) is 10.2. The minimum Gasteiger partial charge on any atom is -0.369 e. The molecule has 106 valence electrons. The number of thioether (sulfide) groups is 1. The highest BCUT2D eigenvalue weighted by Crippen LogP contribution is 2.38. The molecular weight excluding hydrogens is 302 g/mol. The van der Waals surface area contributed by atoms with Crippen molar-refractivity contribution in [1.29, 1.82) is 0 Å². The second kappa shape index (κ2) is 5.83. The van der Waals surface area contributed by atoms with E-state index in [9.17, 15) is 4.79 Å². The standard InChI is InChI=1S/C15H13N3OS2/c1-9(13(16)19)21-15-12-11(10-5-3-2-4-6-10)7-20-14(12)17-8-18-15/h2-9H,1H3,(H2,16,19)/t9-/m0/s1. The van der Waals surface area contributed by atoms with Gasteiger partial charge in [0.05, 0.1) is 10.6 Å². The van der Waals surface area contributed by atoms with E-state index in [2.05, 4.69) is 27.5 Å². The average Bonchev–Trinajstić information content (AvgIpc) is 2.93. The van der Waals surface area contributed by atoms with Gasteiger partial charge in [0, 0.05) is 10.9 Å². The Morgan fingerprint density at radius 2 is 2.05 bits per heavy atom. The van der Waals surface area contributed by atoms with Crippen LogP contribution in [0.4, 0.5) is 0 Å². The summed E-state index contributed by atoms with van der Waals surface area (Å²) in [6, 6.07) is 10.1. The van der Waals surface area contributed by atoms with Crippen LogP contribution in [-0.4, -0.2) is 21.1 Å². The molecule has 0 unspecified atom stereocenters. The van der Waals surface area contributed by atoms with Crippen LogP contribution in [0.25, 0.3) is 21.3 Å². The summed E-state index contributed by atoms with van der Waals surface area (Å²) < 4.78 is 0. The van der Waals surface area contributed by atoms with Crippen LogP contribution in [0.2, 0.25) is 0 Å². The number of primary amides is 1. The Balaban J connectivity index is 2.13. The van der Waals surface area contributed by atoms with Gasteiger partial charge in [0.15, 0.2) is 0 Å². The van der Waals surface area contributed by atoms with E-state index >= 15 is 0 Å². The van der Waals surface area contributed by atoms with E-state index in [1.807, 2.05) is 18.2 Å². The van der Waals surface area contributed by atoms with Crippen molar-refractivity contribution in [3.05, 3.63) is 42.0 Å². The largest absolute Gasteiger partial charge is 0.369 e. The number of carbonyl (C=O) groups excluding carboxylic acids is 1. The number of hydrogen-bond donors (Lipinski definition) is 1. The van der Waals surface area contributed by atoms with Crippen molar-refractivity contribution in [2.75, 3.05) is 0 Å². The monoisotopic (exact) mass is 315 g/mol. The summed E-state index contributed by atoms with van der Waals surface area (Å²) in [6.45, 7) is 1.79. The van der Waals surface area contributed by atoms with Gasteiger partial charge in [-0.25, -0.2) is 9.97 Å². The number of amides is 1. The molecule has 6 heteroatoms. The quantitative estimate of drug-likeness (QED) is 0.592. The van der Waals surface area contributed by atoms with Crippen molar-refractivity contribution >= 4 is 39.2 Å². The molecule has 1 amide bonds. The van der Waals surface area contributed by atoms with Crippen molar-refractivity contribution in [1.82, 2.24) is 9.97 Å². The van der Waals surface area contributed by atoms with Gasteiger partial charge in [-0.05, 0) is 12.5 Å². The zero-order valence-electron chi connectivity index (χ0n) is 11.3. The average molecular weight is 315 g/mol. The maximum atomic E-state index is 11.3. The van der Waals surface area contributed by atoms with Crippen molar-refractivity contribution in [2.24, 2.45) is 5.73 Å². The van der Waals surface area contributed by atoms with Crippen LogP contribution in [0.5, 0.6) is 0 Å². The summed E-state index contributed by atoms with van der Waals surface area (Å²) in [5.74, 6) is -0.344. The molecule has 0 saturated heterocycles. The highest BCUT2D eigenvalue weighted by atomic mass is 32.2. The SMILES string of the molecule is C[C@H](Sc1ncnc2scc(-c3ccccc3)c12)C(N)=O. The summed E-state index contributed by atoms with van der Waals surface area (Å²) in [6.07, 6.45) is 1.53. The Hall–Kier alpha value is -1.92. The smallest absolute Gasteiger partial charge is 0.230 e. The van der Waals surface area contributed by atoms with Crippen molar-refractivity contribution < 1.29 is 4.79 Å². The first-order valence-electron chi connectivity index (χ1n) is 6.40. The van der Waals surface area contributed by atoms with Crippen LogP contribution in [0.15, 0.2) is 47.1 Å². The highest BCUT2D eigenvalue weighted by Gasteiger charge is 2.17. The summed E-state index contributed by atoms with van der Waals surface area (Å²) in [7, 11) is 0. The van der Waals surface area contributed by atoms with Crippen LogP contribution in [0.3, 0.4) is 0 Å². The van der Waals surface area contributed by atoms with E-state index in [1.165, 1.54) is 18.1 Å². The Morgan fingerprint density at radius 1 is 1.29 bits per heavy atom. The van der Waals surface area contributed by atoms with Gasteiger partial charge in [0.2, 0.25) is 5.91 Å². The molecule has 0 aliphatic rings. The third-order valence-corrected chi connectivity index (χ3v) is 5.11. The van der Waals surface area contributed by atoms with E-state index in [0.29, 0.717) is 0 Å². The topological polar surface area (TPSA) is 68.9 Å². The lowest BCUT2D eigenvalue weighted by molar-refractivity contribution is -0.117. The second-order valence-corrected chi connectivity index (χ2v) is 6.72. The number of nitrogens with zero attached hydrogens (tertiary/aromatic N) is 2. The fourth-order valence-corrected chi connectivity index (χ4v) is 3.86. The van der Waals surface area contributed by atoms with E-state index in [1.54, 1.807) is 18.3 Å². The van der Waals surface area contributed by atoms with Gasteiger partial charge >= 0.3 is 0 Å². The van der Waals surface area contributed by atoms with Gasteiger partial charge in [-0.1, -0.05) is 42.1 Å². The molecule has 4 nitrogen and oxygen atoms in total. The minimum absolute atomic E-state index is 0.327. The molecule has 1 atom stereocenters. The molecule has 3 rings (SSSR count). The number of carbonyl (C=O) groups is 1. The normalized spacial score (nSPS) is 12.4. The maximum Gasteiger partial charge on any atom is 0.230 e. The fourth-order valence-electron chi connectivity index (χ4n) is 1.99.